The summed E-state index contributed by atoms with van der Waals surface area (Å²) in [6, 6.07) is 11.6. The Morgan fingerprint density at radius 3 is 2.31 bits per heavy atom. The largest absolute Gasteiger partial charge is 0.305 e. The van der Waals surface area contributed by atoms with Crippen molar-refractivity contribution in [3.8, 4) is 0 Å². The molecule has 1 aromatic rings. The van der Waals surface area contributed by atoms with Crippen molar-refractivity contribution in [1.29, 1.82) is 0 Å². The van der Waals surface area contributed by atoms with Crippen molar-refractivity contribution < 1.29 is 0 Å². The molecule has 0 amide bonds. The number of hydrogen-bond donors (Lipinski definition) is 1. The SMILES string of the molecule is [CH]1[CH][CH][C](NCc2ccccc2)[CH]1. The predicted molar refractivity (Wildman–Crippen MR) is 53.7 cm³/mol. The topological polar surface area (TPSA) is 12.0 Å². The highest BCUT2D eigenvalue weighted by Crippen LogP contribution is 2.20. The van der Waals surface area contributed by atoms with Crippen molar-refractivity contribution in [3.05, 3.63) is 67.6 Å². The molecule has 1 N–H and O–H groups in total. The Hall–Kier alpha value is -0.820. The van der Waals surface area contributed by atoms with Gasteiger partial charge in [-0.15, -0.1) is 0 Å². The van der Waals surface area contributed by atoms with E-state index in [1.165, 1.54) is 11.6 Å². The van der Waals surface area contributed by atoms with Crippen LogP contribution in [0.4, 0.5) is 0 Å². The zero-order valence-electron chi connectivity index (χ0n) is 7.40. The first-order chi connectivity index (χ1) is 6.45. The van der Waals surface area contributed by atoms with Gasteiger partial charge in [0.1, 0.15) is 0 Å². The van der Waals surface area contributed by atoms with E-state index in [-0.39, 0.29) is 0 Å². The summed E-state index contributed by atoms with van der Waals surface area (Å²) in [6.45, 7) is 0.894. The Labute approximate surface area is 80.2 Å². The van der Waals surface area contributed by atoms with Crippen LogP contribution >= 0.6 is 0 Å². The van der Waals surface area contributed by atoms with Crippen LogP contribution in [0.2, 0.25) is 0 Å². The highest BCUT2D eigenvalue weighted by molar-refractivity contribution is 5.34. The van der Waals surface area contributed by atoms with E-state index in [9.17, 15) is 0 Å². The Bertz CT molecular complexity index is 237. The standard InChI is InChI=1S/C12H12N/c1-2-6-11(7-3-1)10-13-12-8-4-5-9-12/h1-9,13H,10H2. The van der Waals surface area contributed by atoms with Crippen LogP contribution in [0.1, 0.15) is 5.56 Å². The molecule has 0 aliphatic heterocycles. The van der Waals surface area contributed by atoms with Gasteiger partial charge in [-0.05, 0) is 31.2 Å². The quantitative estimate of drug-likeness (QED) is 0.732. The lowest BCUT2D eigenvalue weighted by atomic mass is 10.2. The molecular weight excluding hydrogens is 158 g/mol. The molecule has 1 heteroatoms. The monoisotopic (exact) mass is 170 g/mol. The number of rotatable bonds is 3. The van der Waals surface area contributed by atoms with Crippen LogP contribution in [0.3, 0.4) is 0 Å². The molecule has 65 valence electrons. The van der Waals surface area contributed by atoms with Crippen molar-refractivity contribution in [2.24, 2.45) is 0 Å². The van der Waals surface area contributed by atoms with Crippen LogP contribution < -0.4 is 5.32 Å². The normalized spacial score (nSPS) is 17.8. The van der Waals surface area contributed by atoms with Gasteiger partial charge >= 0.3 is 0 Å². The molecule has 2 rings (SSSR count). The fraction of sp³-hybridized carbons (Fsp3) is 0.0833. The fourth-order valence-corrected chi connectivity index (χ4v) is 1.29. The van der Waals surface area contributed by atoms with Gasteiger partial charge in [-0.2, -0.15) is 0 Å². The van der Waals surface area contributed by atoms with Crippen molar-refractivity contribution in [2.75, 3.05) is 0 Å². The molecule has 0 heterocycles. The molecule has 0 atom stereocenters. The van der Waals surface area contributed by atoms with E-state index >= 15 is 0 Å². The molecule has 1 aliphatic carbocycles. The lowest BCUT2D eigenvalue weighted by Crippen LogP contribution is -2.18. The number of nitrogens with one attached hydrogen (secondary N) is 1. The molecule has 0 spiro atoms. The second kappa shape index (κ2) is 4.43. The first-order valence-corrected chi connectivity index (χ1v) is 4.45. The minimum atomic E-state index is 0.894. The first-order valence-electron chi connectivity index (χ1n) is 4.45. The molecule has 1 fully saturated rings. The van der Waals surface area contributed by atoms with Gasteiger partial charge in [-0.1, -0.05) is 30.3 Å². The average molecular weight is 170 g/mol. The molecular formula is C12H12N. The maximum atomic E-state index is 3.34. The lowest BCUT2D eigenvalue weighted by molar-refractivity contribution is 0.755. The third-order valence-corrected chi connectivity index (χ3v) is 2.00. The predicted octanol–water partition coefficient (Wildman–Crippen LogP) is 2.14. The molecule has 0 saturated heterocycles. The molecule has 5 radical (unpaired) electrons. The zero-order valence-corrected chi connectivity index (χ0v) is 7.40. The minimum Gasteiger partial charge on any atom is -0.305 e. The van der Waals surface area contributed by atoms with E-state index in [2.05, 4.69) is 42.4 Å². The molecule has 0 bridgehead atoms. The van der Waals surface area contributed by atoms with Gasteiger partial charge in [0.25, 0.3) is 0 Å². The molecule has 1 aliphatic rings. The summed E-state index contributed by atoms with van der Waals surface area (Å²) < 4.78 is 0. The Balaban J connectivity index is 1.79. The third kappa shape index (κ3) is 2.56. The molecule has 1 saturated carbocycles. The zero-order chi connectivity index (χ0) is 8.93. The summed E-state index contributed by atoms with van der Waals surface area (Å²) in [7, 11) is 0. The van der Waals surface area contributed by atoms with Gasteiger partial charge in [-0.3, -0.25) is 0 Å². The number of benzene rings is 1. The first kappa shape index (κ1) is 8.76. The highest BCUT2D eigenvalue weighted by atomic mass is 14.9. The molecule has 0 aromatic heterocycles. The maximum Gasteiger partial charge on any atom is 0.0442 e. The van der Waals surface area contributed by atoms with Crippen LogP contribution in [0.5, 0.6) is 0 Å². The Kier molecular flexibility index (Phi) is 2.98. The van der Waals surface area contributed by atoms with Gasteiger partial charge in [0.05, 0.1) is 0 Å². The Morgan fingerprint density at radius 2 is 1.62 bits per heavy atom. The molecule has 13 heavy (non-hydrogen) atoms. The van der Waals surface area contributed by atoms with Gasteiger partial charge in [0.2, 0.25) is 0 Å². The lowest BCUT2D eigenvalue weighted by Gasteiger charge is -2.09. The van der Waals surface area contributed by atoms with Crippen molar-refractivity contribution in [1.82, 2.24) is 5.32 Å². The Morgan fingerprint density at radius 1 is 0.923 bits per heavy atom. The van der Waals surface area contributed by atoms with Gasteiger partial charge in [0.15, 0.2) is 0 Å². The second-order valence-corrected chi connectivity index (χ2v) is 3.01. The fourth-order valence-electron chi connectivity index (χ4n) is 1.29. The van der Waals surface area contributed by atoms with E-state index in [1.54, 1.807) is 0 Å². The summed E-state index contributed by atoms with van der Waals surface area (Å²) in [5, 5.41) is 3.34. The molecule has 1 nitrogen and oxygen atoms in total. The van der Waals surface area contributed by atoms with E-state index in [0.717, 1.165) is 6.54 Å². The summed E-state index contributed by atoms with van der Waals surface area (Å²) in [5.74, 6) is 0. The van der Waals surface area contributed by atoms with E-state index < -0.39 is 0 Å². The summed E-state index contributed by atoms with van der Waals surface area (Å²) >= 11 is 0. The van der Waals surface area contributed by atoms with Gasteiger partial charge in [-0.25, -0.2) is 0 Å². The van der Waals surface area contributed by atoms with Crippen molar-refractivity contribution in [3.63, 3.8) is 0 Å². The van der Waals surface area contributed by atoms with E-state index in [4.69, 9.17) is 0 Å². The van der Waals surface area contributed by atoms with Crippen LogP contribution in [0.25, 0.3) is 0 Å². The van der Waals surface area contributed by atoms with Crippen LogP contribution in [-0.4, -0.2) is 0 Å². The summed E-state index contributed by atoms with van der Waals surface area (Å²) in [6.07, 6.45) is 8.21. The van der Waals surface area contributed by atoms with Gasteiger partial charge in [0, 0.05) is 12.6 Å². The summed E-state index contributed by atoms with van der Waals surface area (Å²) in [5.41, 5.74) is 1.31. The smallest absolute Gasteiger partial charge is 0.0442 e. The summed E-state index contributed by atoms with van der Waals surface area (Å²) in [4.78, 5) is 0. The highest BCUT2D eigenvalue weighted by Gasteiger charge is 2.15. The third-order valence-electron chi connectivity index (χ3n) is 2.00. The maximum absolute atomic E-state index is 3.34. The van der Waals surface area contributed by atoms with Gasteiger partial charge < -0.3 is 5.32 Å². The molecule has 1 aromatic carbocycles. The second-order valence-electron chi connectivity index (χ2n) is 3.01. The average Bonchev–Trinajstić information content (AvgIpc) is 2.69. The van der Waals surface area contributed by atoms with Crippen molar-refractivity contribution in [2.45, 2.75) is 6.54 Å². The molecule has 0 unspecified atom stereocenters. The van der Waals surface area contributed by atoms with E-state index in [0.29, 0.717) is 0 Å². The minimum absolute atomic E-state index is 0.894. The van der Waals surface area contributed by atoms with Crippen LogP contribution in [0.15, 0.2) is 30.3 Å². The van der Waals surface area contributed by atoms with Crippen molar-refractivity contribution >= 4 is 0 Å². The van der Waals surface area contributed by atoms with E-state index in [1.807, 2.05) is 18.9 Å². The van der Waals surface area contributed by atoms with Crippen LogP contribution in [0, 0.1) is 31.7 Å². The van der Waals surface area contributed by atoms with Crippen LogP contribution in [-0.2, 0) is 6.54 Å². The number of hydrogen-bond acceptors (Lipinski definition) is 1.